The number of aromatic carboxylic acids is 1. The van der Waals surface area contributed by atoms with E-state index in [0.29, 0.717) is 11.6 Å². The van der Waals surface area contributed by atoms with E-state index >= 15 is 0 Å². The van der Waals surface area contributed by atoms with Crippen molar-refractivity contribution in [3.8, 4) is 0 Å². The second kappa shape index (κ2) is 3.73. The lowest BCUT2D eigenvalue weighted by atomic mass is 10.0. The number of carboxylic acid groups (broad SMARTS) is 1. The molecular formula is C11H16N2O3. The highest BCUT2D eigenvalue weighted by Gasteiger charge is 2.30. The van der Waals surface area contributed by atoms with Crippen LogP contribution in [-0.2, 0) is 0 Å². The molecule has 2 N–H and O–H groups in total. The Labute approximate surface area is 94.0 Å². The number of carboxylic acids is 1. The summed E-state index contributed by atoms with van der Waals surface area (Å²) in [5.41, 5.74) is 1.41. The normalized spacial score (nSPS) is 19.5. The average molecular weight is 224 g/mol. The molecule has 2 heterocycles. The fourth-order valence-corrected chi connectivity index (χ4v) is 1.93. The zero-order chi connectivity index (χ0) is 11.9. The summed E-state index contributed by atoms with van der Waals surface area (Å²) in [6.45, 7) is 5.07. The number of likely N-dealkylation sites (N-methyl/N-ethyl adjacent to an activating group) is 1. The van der Waals surface area contributed by atoms with Crippen LogP contribution in [0.4, 0.5) is 11.4 Å². The molecule has 0 saturated carbocycles. The Hall–Kier alpha value is -1.65. The third kappa shape index (κ3) is 1.62. The first-order valence-corrected chi connectivity index (χ1v) is 5.33. The third-order valence-electron chi connectivity index (χ3n) is 2.98. The highest BCUT2D eigenvalue weighted by molar-refractivity contribution is 5.96. The Kier molecular flexibility index (Phi) is 2.53. The molecule has 88 valence electrons. The molecule has 1 unspecified atom stereocenters. The van der Waals surface area contributed by atoms with E-state index in [4.69, 9.17) is 9.52 Å². The summed E-state index contributed by atoms with van der Waals surface area (Å²) in [4.78, 5) is 13.0. The topological polar surface area (TPSA) is 65.7 Å². The summed E-state index contributed by atoms with van der Waals surface area (Å²) in [7, 11) is 1.94. The van der Waals surface area contributed by atoms with Crippen LogP contribution in [0.3, 0.4) is 0 Å². The van der Waals surface area contributed by atoms with E-state index in [1.165, 1.54) is 6.26 Å². The van der Waals surface area contributed by atoms with Crippen LogP contribution in [0.1, 0.15) is 24.4 Å². The van der Waals surface area contributed by atoms with E-state index in [2.05, 4.69) is 19.2 Å². The Morgan fingerprint density at radius 2 is 2.38 bits per heavy atom. The van der Waals surface area contributed by atoms with Crippen molar-refractivity contribution in [1.82, 2.24) is 0 Å². The van der Waals surface area contributed by atoms with Crippen molar-refractivity contribution in [1.29, 1.82) is 0 Å². The minimum absolute atomic E-state index is 0.00722. The maximum atomic E-state index is 11.0. The smallest absolute Gasteiger partial charge is 0.374 e. The summed E-state index contributed by atoms with van der Waals surface area (Å²) in [5.74, 6) is -0.606. The molecule has 0 aromatic carbocycles. The lowest BCUT2D eigenvalue weighted by Gasteiger charge is -2.34. The molecule has 1 aliphatic heterocycles. The minimum Gasteiger partial charge on any atom is -0.475 e. The number of carbonyl (C=O) groups is 1. The molecule has 5 nitrogen and oxygen atoms in total. The predicted molar refractivity (Wildman–Crippen MR) is 61.2 cm³/mol. The van der Waals surface area contributed by atoms with Gasteiger partial charge >= 0.3 is 5.97 Å². The Balaban J connectivity index is 2.38. The van der Waals surface area contributed by atoms with Gasteiger partial charge in [-0.15, -0.1) is 0 Å². The summed E-state index contributed by atoms with van der Waals surface area (Å²) in [6.07, 6.45) is 1.49. The second-order valence-electron chi connectivity index (χ2n) is 4.51. The van der Waals surface area contributed by atoms with E-state index in [1.54, 1.807) is 0 Å². The molecule has 1 aromatic rings. The lowest BCUT2D eigenvalue weighted by molar-refractivity contribution is 0.0663. The van der Waals surface area contributed by atoms with Gasteiger partial charge in [-0.3, -0.25) is 0 Å². The van der Waals surface area contributed by atoms with Crippen molar-refractivity contribution < 1.29 is 14.3 Å². The Morgan fingerprint density at radius 3 is 2.94 bits per heavy atom. The Morgan fingerprint density at radius 1 is 1.69 bits per heavy atom. The number of fused-ring (bicyclic) bond motifs is 1. The van der Waals surface area contributed by atoms with E-state index < -0.39 is 5.97 Å². The maximum Gasteiger partial charge on any atom is 0.374 e. The maximum absolute atomic E-state index is 11.0. The highest BCUT2D eigenvalue weighted by atomic mass is 16.4. The zero-order valence-electron chi connectivity index (χ0n) is 9.65. The van der Waals surface area contributed by atoms with Gasteiger partial charge in [-0.1, -0.05) is 13.8 Å². The lowest BCUT2D eigenvalue weighted by Crippen LogP contribution is -2.42. The van der Waals surface area contributed by atoms with Crippen LogP contribution in [0.15, 0.2) is 10.7 Å². The number of nitrogens with one attached hydrogen (secondary N) is 1. The minimum atomic E-state index is -1.04. The Bertz CT molecular complexity index is 411. The fraction of sp³-hybridized carbons (Fsp3) is 0.545. The number of hydrogen-bond acceptors (Lipinski definition) is 4. The first kappa shape index (κ1) is 10.9. The molecule has 5 heteroatoms. The number of anilines is 2. The van der Waals surface area contributed by atoms with Crippen molar-refractivity contribution in [3.05, 3.63) is 12.0 Å². The van der Waals surface area contributed by atoms with E-state index in [1.807, 2.05) is 11.9 Å². The van der Waals surface area contributed by atoms with Gasteiger partial charge in [0.05, 0.1) is 5.69 Å². The van der Waals surface area contributed by atoms with Gasteiger partial charge in [-0.05, 0) is 5.92 Å². The molecule has 0 spiro atoms. The first-order chi connectivity index (χ1) is 7.50. The van der Waals surface area contributed by atoms with Gasteiger partial charge in [0.25, 0.3) is 0 Å². The SMILES string of the molecule is CC(C)C1CN(C)c2coc(C(=O)O)c2N1. The molecule has 0 aliphatic carbocycles. The van der Waals surface area contributed by atoms with E-state index in [9.17, 15) is 4.79 Å². The van der Waals surface area contributed by atoms with Crippen molar-refractivity contribution in [3.63, 3.8) is 0 Å². The van der Waals surface area contributed by atoms with Crippen LogP contribution in [0.25, 0.3) is 0 Å². The van der Waals surface area contributed by atoms with Gasteiger partial charge in [-0.2, -0.15) is 0 Å². The first-order valence-electron chi connectivity index (χ1n) is 5.33. The summed E-state index contributed by atoms with van der Waals surface area (Å²) < 4.78 is 5.07. The van der Waals surface area contributed by atoms with Gasteiger partial charge in [0.1, 0.15) is 12.0 Å². The van der Waals surface area contributed by atoms with E-state index in [0.717, 1.165) is 12.2 Å². The van der Waals surface area contributed by atoms with Crippen molar-refractivity contribution in [2.24, 2.45) is 5.92 Å². The molecule has 0 saturated heterocycles. The van der Waals surface area contributed by atoms with Crippen molar-refractivity contribution in [2.45, 2.75) is 19.9 Å². The van der Waals surface area contributed by atoms with Crippen LogP contribution in [0, 0.1) is 5.92 Å². The molecule has 1 atom stereocenters. The van der Waals surface area contributed by atoms with Crippen LogP contribution < -0.4 is 10.2 Å². The number of nitrogens with zero attached hydrogens (tertiary/aromatic N) is 1. The van der Waals surface area contributed by atoms with Crippen LogP contribution in [0.2, 0.25) is 0 Å². The molecule has 0 amide bonds. The molecule has 0 bridgehead atoms. The quantitative estimate of drug-likeness (QED) is 0.802. The fourth-order valence-electron chi connectivity index (χ4n) is 1.93. The summed E-state index contributed by atoms with van der Waals surface area (Å²) in [6, 6.07) is 0.244. The van der Waals surface area contributed by atoms with Crippen LogP contribution in [-0.4, -0.2) is 30.7 Å². The molecule has 16 heavy (non-hydrogen) atoms. The average Bonchev–Trinajstić information content (AvgIpc) is 2.61. The standard InChI is InChI=1S/C11H16N2O3/c1-6(2)7-4-13(3)8-5-16-10(11(14)15)9(8)12-7/h5-7,12H,4H2,1-3H3,(H,14,15). The number of rotatable bonds is 2. The van der Waals surface area contributed by atoms with Gasteiger partial charge in [0.2, 0.25) is 5.76 Å². The molecule has 0 fully saturated rings. The molecular weight excluding hydrogens is 208 g/mol. The summed E-state index contributed by atoms with van der Waals surface area (Å²) >= 11 is 0. The van der Waals surface area contributed by atoms with Gasteiger partial charge in [-0.25, -0.2) is 4.79 Å². The monoisotopic (exact) mass is 224 g/mol. The molecule has 0 radical (unpaired) electrons. The van der Waals surface area contributed by atoms with Gasteiger partial charge in [0, 0.05) is 19.6 Å². The van der Waals surface area contributed by atoms with Gasteiger partial charge < -0.3 is 19.7 Å². The number of furan rings is 1. The summed E-state index contributed by atoms with van der Waals surface area (Å²) in [5, 5.41) is 12.2. The molecule has 1 aromatic heterocycles. The third-order valence-corrected chi connectivity index (χ3v) is 2.98. The largest absolute Gasteiger partial charge is 0.475 e. The predicted octanol–water partition coefficient (Wildman–Crippen LogP) is 1.86. The van der Waals surface area contributed by atoms with Crippen LogP contribution >= 0.6 is 0 Å². The molecule has 1 aliphatic rings. The highest BCUT2D eigenvalue weighted by Crippen LogP contribution is 2.36. The van der Waals surface area contributed by atoms with Crippen molar-refractivity contribution in [2.75, 3.05) is 23.8 Å². The van der Waals surface area contributed by atoms with Crippen molar-refractivity contribution >= 4 is 17.3 Å². The number of hydrogen-bond donors (Lipinski definition) is 2. The second-order valence-corrected chi connectivity index (χ2v) is 4.51. The van der Waals surface area contributed by atoms with Crippen LogP contribution in [0.5, 0.6) is 0 Å². The van der Waals surface area contributed by atoms with Gasteiger partial charge in [0.15, 0.2) is 0 Å². The molecule has 2 rings (SSSR count). The zero-order valence-corrected chi connectivity index (χ0v) is 9.65. The van der Waals surface area contributed by atoms with E-state index in [-0.39, 0.29) is 11.8 Å².